The van der Waals surface area contributed by atoms with E-state index in [0.29, 0.717) is 39.2 Å². The van der Waals surface area contributed by atoms with Crippen LogP contribution in [-0.4, -0.2) is 41.0 Å². The molecule has 0 aliphatic heterocycles. The lowest BCUT2D eigenvalue weighted by molar-refractivity contribution is -0.274. The molecule has 1 atom stereocenters. The van der Waals surface area contributed by atoms with Crippen LogP contribution in [0.4, 0.5) is 13.2 Å². The minimum Gasteiger partial charge on any atom is -0.497 e. The number of aromatic nitrogens is 1. The quantitative estimate of drug-likeness (QED) is 0.257. The predicted molar refractivity (Wildman–Crippen MR) is 133 cm³/mol. The lowest BCUT2D eigenvalue weighted by Crippen LogP contribution is -2.25. The van der Waals surface area contributed by atoms with Gasteiger partial charge in [-0.05, 0) is 61.9 Å². The van der Waals surface area contributed by atoms with Crippen LogP contribution in [0.5, 0.6) is 17.2 Å². The van der Waals surface area contributed by atoms with Crippen LogP contribution in [-0.2, 0) is 4.79 Å². The Balaban J connectivity index is 1.89. The smallest absolute Gasteiger partial charge is 0.497 e. The van der Waals surface area contributed by atoms with Gasteiger partial charge in [0.2, 0.25) is 0 Å². The molecule has 0 aliphatic rings. The maximum atomic E-state index is 13.6. The first-order valence-electron chi connectivity index (χ1n) is 11.6. The maximum absolute atomic E-state index is 13.6. The van der Waals surface area contributed by atoms with Crippen LogP contribution in [0.1, 0.15) is 35.0 Å². The molecular weight excluding hydrogens is 503 g/mol. The monoisotopic (exact) mass is 527 g/mol. The Bertz CT molecular complexity index is 1490. The Hall–Kier alpha value is -4.47. The van der Waals surface area contributed by atoms with Crippen LogP contribution in [0.3, 0.4) is 0 Å². The number of hydrogen-bond acceptors (Lipinski definition) is 5. The van der Waals surface area contributed by atoms with E-state index >= 15 is 0 Å². The minimum atomic E-state index is -4.90. The Kier molecular flexibility index (Phi) is 7.34. The van der Waals surface area contributed by atoms with E-state index in [1.54, 1.807) is 66.9 Å². The summed E-state index contributed by atoms with van der Waals surface area (Å²) in [6.07, 6.45) is -5.75. The van der Waals surface area contributed by atoms with E-state index in [-0.39, 0.29) is 18.0 Å². The molecule has 7 nitrogen and oxygen atoms in total. The van der Waals surface area contributed by atoms with E-state index in [2.05, 4.69) is 4.74 Å². The number of hydrogen-bond donors (Lipinski definition) is 1. The number of rotatable bonds is 9. The van der Waals surface area contributed by atoms with Crippen LogP contribution >= 0.6 is 0 Å². The van der Waals surface area contributed by atoms with Gasteiger partial charge in [-0.15, -0.1) is 13.2 Å². The topological polar surface area (TPSA) is 87.0 Å². The summed E-state index contributed by atoms with van der Waals surface area (Å²) in [5.74, 6) is -1.08. The van der Waals surface area contributed by atoms with Crippen molar-refractivity contribution in [1.29, 1.82) is 0 Å². The van der Waals surface area contributed by atoms with Crippen molar-refractivity contribution in [2.75, 3.05) is 7.11 Å². The van der Waals surface area contributed by atoms with Gasteiger partial charge in [-0.25, -0.2) is 4.79 Å². The number of carboxylic acids is 1. The van der Waals surface area contributed by atoms with E-state index < -0.39 is 24.2 Å². The third-order valence-electron chi connectivity index (χ3n) is 5.99. The maximum Gasteiger partial charge on any atom is 0.573 e. The van der Waals surface area contributed by atoms with Gasteiger partial charge in [0.1, 0.15) is 17.2 Å². The van der Waals surface area contributed by atoms with E-state index in [0.717, 1.165) is 6.07 Å². The predicted octanol–water partition coefficient (Wildman–Crippen LogP) is 6.32. The molecule has 38 heavy (non-hydrogen) atoms. The molecule has 0 bridgehead atoms. The zero-order chi connectivity index (χ0) is 27.6. The fourth-order valence-electron chi connectivity index (χ4n) is 4.27. The number of carbonyl (C=O) groups is 2. The number of carboxylic acid groups (broad SMARTS) is 1. The highest BCUT2D eigenvalue weighted by Gasteiger charge is 2.32. The molecule has 0 saturated carbocycles. The molecule has 198 valence electrons. The van der Waals surface area contributed by atoms with Gasteiger partial charge in [0, 0.05) is 34.5 Å². The first kappa shape index (κ1) is 26.6. The van der Waals surface area contributed by atoms with Gasteiger partial charge >= 0.3 is 12.3 Å². The molecule has 0 spiro atoms. The number of nitrogens with zero attached hydrogens (tertiary/aromatic N) is 1. The van der Waals surface area contributed by atoms with Gasteiger partial charge in [-0.1, -0.05) is 13.0 Å². The number of aliphatic carboxylic acids is 1. The SMILES string of the molecule is CC[C@@H](Oc1cccc(-n2c(C)c(C(=O)c3ccc(OC)cc3)c3ccc(OC(F)(F)F)cc32)c1)C(=O)O. The number of ether oxygens (including phenoxy) is 3. The molecule has 0 amide bonds. The fraction of sp³-hybridized carbons (Fsp3) is 0.214. The van der Waals surface area contributed by atoms with Crippen molar-refractivity contribution in [3.05, 3.63) is 83.6 Å². The van der Waals surface area contributed by atoms with Crippen LogP contribution in [0.25, 0.3) is 16.6 Å². The molecule has 4 aromatic rings. The molecule has 1 N–H and O–H groups in total. The van der Waals surface area contributed by atoms with Gasteiger partial charge in [-0.2, -0.15) is 0 Å². The number of carbonyl (C=O) groups excluding carboxylic acids is 1. The molecule has 1 aromatic heterocycles. The minimum absolute atomic E-state index is 0.226. The van der Waals surface area contributed by atoms with Crippen molar-refractivity contribution in [2.45, 2.75) is 32.7 Å². The number of benzene rings is 3. The largest absolute Gasteiger partial charge is 0.573 e. The molecule has 3 aromatic carbocycles. The van der Waals surface area contributed by atoms with Crippen molar-refractivity contribution in [1.82, 2.24) is 4.57 Å². The third kappa shape index (κ3) is 5.44. The van der Waals surface area contributed by atoms with Crippen LogP contribution in [0.15, 0.2) is 66.7 Å². The van der Waals surface area contributed by atoms with Crippen molar-refractivity contribution >= 4 is 22.7 Å². The summed E-state index contributed by atoms with van der Waals surface area (Å²) in [6.45, 7) is 3.35. The Morgan fingerprint density at radius 2 is 1.66 bits per heavy atom. The van der Waals surface area contributed by atoms with Crippen molar-refractivity contribution in [3.8, 4) is 22.9 Å². The Labute approximate surface area is 216 Å². The second kappa shape index (κ2) is 10.5. The second-order valence-electron chi connectivity index (χ2n) is 8.43. The first-order valence-corrected chi connectivity index (χ1v) is 11.6. The average Bonchev–Trinajstić information content (AvgIpc) is 3.16. The normalized spacial score (nSPS) is 12.3. The standard InChI is InChI=1S/C28H24F3NO6/c1-4-24(27(34)35)37-20-7-5-6-18(14-20)32-16(2)25(26(33)17-8-10-19(36-3)11-9-17)22-13-12-21(15-23(22)32)38-28(29,30)31/h5-15,24H,4H2,1-3H3,(H,34,35)/t24-/m1/s1. The summed E-state index contributed by atoms with van der Waals surface area (Å²) in [5, 5.41) is 9.77. The number of alkyl halides is 3. The van der Waals surface area contributed by atoms with Crippen LogP contribution in [0.2, 0.25) is 0 Å². The zero-order valence-electron chi connectivity index (χ0n) is 20.7. The first-order chi connectivity index (χ1) is 18.0. The van der Waals surface area contributed by atoms with Crippen molar-refractivity contribution in [3.63, 3.8) is 0 Å². The zero-order valence-corrected chi connectivity index (χ0v) is 20.7. The summed E-state index contributed by atoms with van der Waals surface area (Å²) < 4.78 is 55.4. The van der Waals surface area contributed by atoms with Gasteiger partial charge in [-0.3, -0.25) is 4.79 Å². The highest BCUT2D eigenvalue weighted by atomic mass is 19.4. The lowest BCUT2D eigenvalue weighted by Gasteiger charge is -2.15. The van der Waals surface area contributed by atoms with Crippen molar-refractivity contribution < 1.29 is 42.1 Å². The fourth-order valence-corrected chi connectivity index (χ4v) is 4.27. The van der Waals surface area contributed by atoms with Gasteiger partial charge in [0.15, 0.2) is 11.9 Å². The highest BCUT2D eigenvalue weighted by molar-refractivity contribution is 6.18. The molecule has 10 heteroatoms. The third-order valence-corrected chi connectivity index (χ3v) is 5.99. The number of methoxy groups -OCH3 is 1. The summed E-state index contributed by atoms with van der Waals surface area (Å²) >= 11 is 0. The lowest BCUT2D eigenvalue weighted by atomic mass is 10.0. The molecule has 0 saturated heterocycles. The highest BCUT2D eigenvalue weighted by Crippen LogP contribution is 2.35. The summed E-state index contributed by atoms with van der Waals surface area (Å²) in [7, 11) is 1.51. The number of ketones is 1. The molecule has 4 rings (SSSR count). The summed E-state index contributed by atoms with van der Waals surface area (Å²) in [5.41, 5.74) is 1.89. The summed E-state index contributed by atoms with van der Waals surface area (Å²) in [4.78, 5) is 25.1. The average molecular weight is 527 g/mol. The Morgan fingerprint density at radius 3 is 2.26 bits per heavy atom. The van der Waals surface area contributed by atoms with Crippen molar-refractivity contribution in [2.24, 2.45) is 0 Å². The number of halogens is 3. The number of fused-ring (bicyclic) bond motifs is 1. The summed E-state index contributed by atoms with van der Waals surface area (Å²) in [6, 6.07) is 16.7. The molecule has 0 fully saturated rings. The molecule has 1 heterocycles. The van der Waals surface area contributed by atoms with Gasteiger partial charge in [0.25, 0.3) is 0 Å². The Morgan fingerprint density at radius 1 is 0.974 bits per heavy atom. The van der Waals surface area contributed by atoms with Gasteiger partial charge < -0.3 is 23.9 Å². The van der Waals surface area contributed by atoms with Gasteiger partial charge in [0.05, 0.1) is 18.2 Å². The second-order valence-corrected chi connectivity index (χ2v) is 8.43. The molecule has 0 aliphatic carbocycles. The van der Waals surface area contributed by atoms with Crippen LogP contribution in [0, 0.1) is 6.92 Å². The van der Waals surface area contributed by atoms with E-state index in [1.807, 2.05) is 0 Å². The van der Waals surface area contributed by atoms with E-state index in [9.17, 15) is 27.9 Å². The molecular formula is C28H24F3NO6. The van der Waals surface area contributed by atoms with E-state index in [1.165, 1.54) is 19.2 Å². The molecule has 0 radical (unpaired) electrons. The molecule has 0 unspecified atom stereocenters. The van der Waals surface area contributed by atoms with E-state index in [4.69, 9.17) is 9.47 Å². The van der Waals surface area contributed by atoms with Crippen LogP contribution < -0.4 is 14.2 Å².